The van der Waals surface area contributed by atoms with Gasteiger partial charge in [-0.05, 0) is 56.0 Å². The summed E-state index contributed by atoms with van der Waals surface area (Å²) in [6.07, 6.45) is 7.82. The van der Waals surface area contributed by atoms with Gasteiger partial charge in [0.25, 0.3) is 0 Å². The Hall–Kier alpha value is -1.72. The Morgan fingerprint density at radius 2 is 2.09 bits per heavy atom. The summed E-state index contributed by atoms with van der Waals surface area (Å²) in [6.45, 7) is 1.69. The van der Waals surface area contributed by atoms with Crippen LogP contribution in [0.2, 0.25) is 0 Å². The van der Waals surface area contributed by atoms with Gasteiger partial charge in [-0.25, -0.2) is 9.07 Å². The SMILES string of the molecule is OC1CCCC(CNCc2cnn(-c3ccc(F)cc3)c2)C1. The van der Waals surface area contributed by atoms with E-state index in [1.54, 1.807) is 16.8 Å². The molecule has 0 saturated heterocycles. The first-order valence-electron chi connectivity index (χ1n) is 7.89. The van der Waals surface area contributed by atoms with Crippen molar-refractivity contribution in [3.8, 4) is 5.69 Å². The molecule has 0 spiro atoms. The molecule has 1 aliphatic rings. The number of hydrogen-bond acceptors (Lipinski definition) is 3. The van der Waals surface area contributed by atoms with Gasteiger partial charge in [-0.15, -0.1) is 0 Å². The molecule has 0 radical (unpaired) electrons. The van der Waals surface area contributed by atoms with Gasteiger partial charge in [0.2, 0.25) is 0 Å². The van der Waals surface area contributed by atoms with Crippen molar-refractivity contribution in [2.75, 3.05) is 6.54 Å². The highest BCUT2D eigenvalue weighted by Crippen LogP contribution is 2.23. The molecule has 1 aromatic carbocycles. The minimum atomic E-state index is -0.243. The lowest BCUT2D eigenvalue weighted by Gasteiger charge is -2.25. The fraction of sp³-hybridized carbons (Fsp3) is 0.471. The van der Waals surface area contributed by atoms with Crippen LogP contribution in [0.3, 0.4) is 0 Å². The summed E-state index contributed by atoms with van der Waals surface area (Å²) >= 11 is 0. The number of aliphatic hydroxyl groups excluding tert-OH is 1. The normalized spacial score (nSPS) is 21.9. The van der Waals surface area contributed by atoms with Gasteiger partial charge in [0.15, 0.2) is 0 Å². The summed E-state index contributed by atoms with van der Waals surface area (Å²) in [4.78, 5) is 0. The summed E-state index contributed by atoms with van der Waals surface area (Å²) in [5.74, 6) is 0.323. The van der Waals surface area contributed by atoms with E-state index in [1.165, 1.54) is 18.6 Å². The fourth-order valence-corrected chi connectivity index (χ4v) is 3.06. The van der Waals surface area contributed by atoms with Gasteiger partial charge in [0.05, 0.1) is 18.0 Å². The Balaban J connectivity index is 1.50. The Morgan fingerprint density at radius 1 is 1.27 bits per heavy atom. The first-order valence-corrected chi connectivity index (χ1v) is 7.89. The van der Waals surface area contributed by atoms with Crippen molar-refractivity contribution in [2.24, 2.45) is 5.92 Å². The molecule has 0 bridgehead atoms. The molecule has 2 aromatic rings. The van der Waals surface area contributed by atoms with Crippen LogP contribution >= 0.6 is 0 Å². The van der Waals surface area contributed by atoms with Crippen molar-refractivity contribution >= 4 is 0 Å². The molecule has 3 rings (SSSR count). The highest BCUT2D eigenvalue weighted by atomic mass is 19.1. The van der Waals surface area contributed by atoms with Crippen molar-refractivity contribution in [1.82, 2.24) is 15.1 Å². The van der Waals surface area contributed by atoms with Crippen LogP contribution in [0.25, 0.3) is 5.69 Å². The predicted octanol–water partition coefficient (Wildman–Crippen LogP) is 2.65. The quantitative estimate of drug-likeness (QED) is 0.893. The largest absolute Gasteiger partial charge is 0.393 e. The zero-order chi connectivity index (χ0) is 15.4. The number of aliphatic hydroxyl groups is 1. The average Bonchev–Trinajstić information content (AvgIpc) is 2.97. The predicted molar refractivity (Wildman–Crippen MR) is 83.2 cm³/mol. The molecule has 1 heterocycles. The highest BCUT2D eigenvalue weighted by Gasteiger charge is 2.19. The zero-order valence-electron chi connectivity index (χ0n) is 12.6. The van der Waals surface area contributed by atoms with Crippen molar-refractivity contribution in [1.29, 1.82) is 0 Å². The standard InChI is InChI=1S/C17H22FN3O/c18-15-4-6-16(7-5-15)21-12-14(11-20-21)10-19-9-13-2-1-3-17(22)8-13/h4-7,11-13,17,19,22H,1-3,8-10H2. The van der Waals surface area contributed by atoms with Crippen molar-refractivity contribution in [2.45, 2.75) is 38.3 Å². The molecular weight excluding hydrogens is 281 g/mol. The van der Waals surface area contributed by atoms with E-state index in [0.29, 0.717) is 5.92 Å². The molecule has 0 aliphatic heterocycles. The van der Waals surface area contributed by atoms with Crippen LogP contribution in [-0.4, -0.2) is 27.5 Å². The third-order valence-corrected chi connectivity index (χ3v) is 4.24. The van der Waals surface area contributed by atoms with Crippen LogP contribution in [0.15, 0.2) is 36.7 Å². The smallest absolute Gasteiger partial charge is 0.123 e. The highest BCUT2D eigenvalue weighted by molar-refractivity contribution is 5.31. The number of rotatable bonds is 5. The number of aromatic nitrogens is 2. The fourth-order valence-electron chi connectivity index (χ4n) is 3.06. The van der Waals surface area contributed by atoms with Crippen LogP contribution in [0, 0.1) is 11.7 Å². The van der Waals surface area contributed by atoms with Crippen LogP contribution in [-0.2, 0) is 6.54 Å². The van der Waals surface area contributed by atoms with Crippen molar-refractivity contribution in [3.63, 3.8) is 0 Å². The minimum Gasteiger partial charge on any atom is -0.393 e. The van der Waals surface area contributed by atoms with Crippen LogP contribution in [0.1, 0.15) is 31.2 Å². The molecule has 2 unspecified atom stereocenters. The van der Waals surface area contributed by atoms with Gasteiger partial charge < -0.3 is 10.4 Å². The average molecular weight is 303 g/mol. The van der Waals surface area contributed by atoms with E-state index in [4.69, 9.17) is 0 Å². The second-order valence-corrected chi connectivity index (χ2v) is 6.09. The van der Waals surface area contributed by atoms with E-state index in [2.05, 4.69) is 10.4 Å². The van der Waals surface area contributed by atoms with E-state index >= 15 is 0 Å². The van der Waals surface area contributed by atoms with E-state index in [-0.39, 0.29) is 11.9 Å². The molecule has 4 nitrogen and oxygen atoms in total. The topological polar surface area (TPSA) is 50.1 Å². The van der Waals surface area contributed by atoms with Crippen LogP contribution in [0.5, 0.6) is 0 Å². The number of halogens is 1. The van der Waals surface area contributed by atoms with Gasteiger partial charge >= 0.3 is 0 Å². The first kappa shape index (κ1) is 15.2. The summed E-state index contributed by atoms with van der Waals surface area (Å²) in [6, 6.07) is 6.29. The molecule has 5 heteroatoms. The lowest BCUT2D eigenvalue weighted by molar-refractivity contribution is 0.101. The molecular formula is C17H22FN3O. The first-order chi connectivity index (χ1) is 10.7. The second kappa shape index (κ2) is 7.03. The molecule has 1 saturated carbocycles. The zero-order valence-corrected chi connectivity index (χ0v) is 12.6. The summed E-state index contributed by atoms with van der Waals surface area (Å²) < 4.78 is 14.7. The monoisotopic (exact) mass is 303 g/mol. The second-order valence-electron chi connectivity index (χ2n) is 6.09. The van der Waals surface area contributed by atoms with E-state index in [9.17, 15) is 9.50 Å². The van der Waals surface area contributed by atoms with Gasteiger partial charge in [-0.1, -0.05) is 6.42 Å². The van der Waals surface area contributed by atoms with Crippen molar-refractivity contribution < 1.29 is 9.50 Å². The van der Waals surface area contributed by atoms with Gasteiger partial charge in [0.1, 0.15) is 5.82 Å². The number of nitrogens with zero attached hydrogens (tertiary/aromatic N) is 2. The van der Waals surface area contributed by atoms with Gasteiger partial charge in [-0.2, -0.15) is 5.10 Å². The van der Waals surface area contributed by atoms with Gasteiger partial charge in [0, 0.05) is 18.3 Å². The van der Waals surface area contributed by atoms with Crippen LogP contribution in [0.4, 0.5) is 4.39 Å². The molecule has 118 valence electrons. The Morgan fingerprint density at radius 3 is 2.86 bits per heavy atom. The number of nitrogens with one attached hydrogen (secondary N) is 1. The molecule has 1 fully saturated rings. The Labute approximate surface area is 130 Å². The van der Waals surface area contributed by atoms with E-state index in [1.807, 2.05) is 12.4 Å². The maximum absolute atomic E-state index is 12.9. The van der Waals surface area contributed by atoms with E-state index in [0.717, 1.165) is 43.6 Å². The molecule has 1 aromatic heterocycles. The third kappa shape index (κ3) is 3.93. The molecule has 0 amide bonds. The summed E-state index contributed by atoms with van der Waals surface area (Å²) in [7, 11) is 0. The minimum absolute atomic E-state index is 0.123. The molecule has 2 atom stereocenters. The number of benzene rings is 1. The van der Waals surface area contributed by atoms with E-state index < -0.39 is 0 Å². The van der Waals surface area contributed by atoms with Gasteiger partial charge in [-0.3, -0.25) is 0 Å². The van der Waals surface area contributed by atoms with Crippen LogP contribution < -0.4 is 5.32 Å². The lowest BCUT2D eigenvalue weighted by atomic mass is 9.87. The lowest BCUT2D eigenvalue weighted by Crippen LogP contribution is -2.28. The summed E-state index contributed by atoms with van der Waals surface area (Å²) in [5.41, 5.74) is 1.95. The number of hydrogen-bond donors (Lipinski definition) is 2. The Bertz CT molecular complexity index is 596. The maximum Gasteiger partial charge on any atom is 0.123 e. The molecule has 22 heavy (non-hydrogen) atoms. The summed E-state index contributed by atoms with van der Waals surface area (Å²) in [5, 5.41) is 17.4. The molecule has 1 aliphatic carbocycles. The Kier molecular flexibility index (Phi) is 4.85. The van der Waals surface area contributed by atoms with Crippen molar-refractivity contribution in [3.05, 3.63) is 48.0 Å². The molecule has 2 N–H and O–H groups in total. The maximum atomic E-state index is 12.9. The third-order valence-electron chi connectivity index (χ3n) is 4.24.